The van der Waals surface area contributed by atoms with Crippen molar-refractivity contribution in [3.05, 3.63) is 34.4 Å². The predicted molar refractivity (Wildman–Crippen MR) is 80.6 cm³/mol. The molecule has 112 valence electrons. The Kier molecular flexibility index (Phi) is 8.26. The van der Waals surface area contributed by atoms with Gasteiger partial charge in [0, 0.05) is 26.2 Å². The normalized spacial score (nSPS) is 9.50. The summed E-state index contributed by atoms with van der Waals surface area (Å²) in [4.78, 5) is 23.6. The number of amides is 1. The zero-order valence-electron chi connectivity index (χ0n) is 11.5. The van der Waals surface area contributed by atoms with Crippen LogP contribution in [0.2, 0.25) is 0 Å². The summed E-state index contributed by atoms with van der Waals surface area (Å²) in [5.74, 6) is -0.170. The number of hydrogen-bond donors (Lipinski definition) is 2. The summed E-state index contributed by atoms with van der Waals surface area (Å²) in [6.45, 7) is 1.29. The number of nitro groups is 1. The maximum Gasteiger partial charge on any atom is 0.292 e. The molecule has 7 nitrogen and oxygen atoms in total. The molecule has 0 atom stereocenters. The number of nitrogens with one attached hydrogen (secondary N) is 2. The molecule has 1 amide bonds. The molecule has 0 bridgehead atoms. The zero-order valence-corrected chi connectivity index (χ0v) is 12.3. The van der Waals surface area contributed by atoms with E-state index >= 15 is 0 Å². The number of hydrogen-bond acceptors (Lipinski definition) is 5. The van der Waals surface area contributed by atoms with Gasteiger partial charge in [0.05, 0.1) is 11.5 Å². The van der Waals surface area contributed by atoms with E-state index in [1.165, 1.54) is 6.07 Å². The molecule has 0 unspecified atom stereocenters. The van der Waals surface area contributed by atoms with Crippen LogP contribution >= 0.6 is 12.4 Å². The monoisotopic (exact) mass is 302 g/mol. The van der Waals surface area contributed by atoms with Gasteiger partial charge in [-0.25, -0.2) is 0 Å². The van der Waals surface area contributed by atoms with Crippen LogP contribution in [0.3, 0.4) is 0 Å². The highest BCUT2D eigenvalue weighted by molar-refractivity contribution is 5.85. The van der Waals surface area contributed by atoms with Crippen molar-refractivity contribution in [2.24, 2.45) is 0 Å². The van der Waals surface area contributed by atoms with Crippen molar-refractivity contribution in [1.29, 1.82) is 0 Å². The molecule has 8 heteroatoms. The molecule has 1 rings (SSSR count). The Morgan fingerprint density at radius 1 is 1.35 bits per heavy atom. The van der Waals surface area contributed by atoms with E-state index in [0.29, 0.717) is 18.8 Å². The summed E-state index contributed by atoms with van der Waals surface area (Å²) in [7, 11) is 3.45. The first-order valence-corrected chi connectivity index (χ1v) is 5.92. The van der Waals surface area contributed by atoms with E-state index < -0.39 is 4.92 Å². The number of para-hydroxylation sites is 2. The van der Waals surface area contributed by atoms with Crippen LogP contribution in [0.25, 0.3) is 0 Å². The third-order valence-corrected chi connectivity index (χ3v) is 2.57. The van der Waals surface area contributed by atoms with Gasteiger partial charge in [-0.2, -0.15) is 0 Å². The van der Waals surface area contributed by atoms with Crippen molar-refractivity contribution in [2.45, 2.75) is 0 Å². The van der Waals surface area contributed by atoms with Crippen molar-refractivity contribution in [2.75, 3.05) is 38.6 Å². The Morgan fingerprint density at radius 2 is 2.00 bits per heavy atom. The van der Waals surface area contributed by atoms with Crippen LogP contribution in [0.15, 0.2) is 24.3 Å². The van der Waals surface area contributed by atoms with Crippen LogP contribution in [-0.4, -0.2) is 44.6 Å². The highest BCUT2D eigenvalue weighted by Gasteiger charge is 2.17. The molecule has 2 N–H and O–H groups in total. The predicted octanol–water partition coefficient (Wildman–Crippen LogP) is 0.788. The number of anilines is 1. The van der Waals surface area contributed by atoms with Gasteiger partial charge in [-0.15, -0.1) is 12.4 Å². The maximum atomic E-state index is 11.6. The highest BCUT2D eigenvalue weighted by Crippen LogP contribution is 2.26. The van der Waals surface area contributed by atoms with Gasteiger partial charge in [0.25, 0.3) is 5.69 Å². The Labute approximate surface area is 123 Å². The number of nitrogens with zero attached hydrogens (tertiary/aromatic N) is 2. The van der Waals surface area contributed by atoms with E-state index in [-0.39, 0.29) is 30.5 Å². The number of carbonyl (C=O) groups is 1. The average molecular weight is 303 g/mol. The Balaban J connectivity index is 0.00000361. The summed E-state index contributed by atoms with van der Waals surface area (Å²) in [5, 5.41) is 16.5. The van der Waals surface area contributed by atoms with Gasteiger partial charge in [0.1, 0.15) is 5.69 Å². The SMILES string of the molecule is CNCCNC(=O)CN(C)c1ccccc1[N+](=O)[O-].Cl. The van der Waals surface area contributed by atoms with Crippen molar-refractivity contribution in [3.63, 3.8) is 0 Å². The van der Waals surface area contributed by atoms with Crippen molar-refractivity contribution in [1.82, 2.24) is 10.6 Å². The summed E-state index contributed by atoms with van der Waals surface area (Å²) in [6.07, 6.45) is 0. The number of likely N-dealkylation sites (N-methyl/N-ethyl adjacent to an activating group) is 2. The molecule has 1 aromatic carbocycles. The second kappa shape index (κ2) is 9.11. The van der Waals surface area contributed by atoms with Crippen molar-refractivity contribution in [3.8, 4) is 0 Å². The molecule has 0 aliphatic heterocycles. The van der Waals surface area contributed by atoms with E-state index in [2.05, 4.69) is 10.6 Å². The molecule has 0 aromatic heterocycles. The van der Waals surface area contributed by atoms with Crippen LogP contribution in [0, 0.1) is 10.1 Å². The Morgan fingerprint density at radius 3 is 2.60 bits per heavy atom. The lowest BCUT2D eigenvalue weighted by Gasteiger charge is -2.18. The summed E-state index contributed by atoms with van der Waals surface area (Å²) < 4.78 is 0. The minimum atomic E-state index is -0.454. The Bertz CT molecular complexity index is 456. The zero-order chi connectivity index (χ0) is 14.3. The first-order valence-electron chi connectivity index (χ1n) is 5.92. The molecule has 0 saturated heterocycles. The van der Waals surface area contributed by atoms with E-state index in [1.54, 1.807) is 37.2 Å². The third kappa shape index (κ3) is 5.41. The van der Waals surface area contributed by atoms with E-state index in [0.717, 1.165) is 0 Å². The number of rotatable bonds is 7. The highest BCUT2D eigenvalue weighted by atomic mass is 35.5. The molecule has 1 aromatic rings. The fraction of sp³-hybridized carbons (Fsp3) is 0.417. The summed E-state index contributed by atoms with van der Waals surface area (Å²) >= 11 is 0. The van der Waals surface area contributed by atoms with Gasteiger partial charge in [-0.05, 0) is 13.1 Å². The van der Waals surface area contributed by atoms with Crippen LogP contribution in [0.4, 0.5) is 11.4 Å². The van der Waals surface area contributed by atoms with Crippen LogP contribution in [-0.2, 0) is 4.79 Å². The fourth-order valence-electron chi connectivity index (χ4n) is 1.62. The summed E-state index contributed by atoms with van der Waals surface area (Å²) in [5.41, 5.74) is 0.421. The van der Waals surface area contributed by atoms with E-state index in [9.17, 15) is 14.9 Å². The van der Waals surface area contributed by atoms with Gasteiger partial charge in [-0.1, -0.05) is 12.1 Å². The fourth-order valence-corrected chi connectivity index (χ4v) is 1.62. The lowest BCUT2D eigenvalue weighted by Crippen LogP contribution is -2.38. The topological polar surface area (TPSA) is 87.5 Å². The minimum absolute atomic E-state index is 0. The first kappa shape index (κ1) is 18.1. The van der Waals surface area contributed by atoms with Crippen LogP contribution in [0.5, 0.6) is 0 Å². The summed E-state index contributed by atoms with van der Waals surface area (Å²) in [6, 6.07) is 6.35. The first-order chi connectivity index (χ1) is 9.06. The molecular weight excluding hydrogens is 284 g/mol. The standard InChI is InChI=1S/C12H18N4O3.ClH/c1-13-7-8-14-12(17)9-15(2)10-5-3-4-6-11(10)16(18)19;/h3-6,13H,7-9H2,1-2H3,(H,14,17);1H. The number of carbonyl (C=O) groups excluding carboxylic acids is 1. The number of benzene rings is 1. The molecule has 0 aliphatic rings. The number of nitro benzene ring substituents is 1. The molecule has 0 heterocycles. The van der Waals surface area contributed by atoms with E-state index in [1.807, 2.05) is 0 Å². The Hall–Kier alpha value is -1.86. The second-order valence-electron chi connectivity index (χ2n) is 4.06. The van der Waals surface area contributed by atoms with Crippen molar-refractivity contribution >= 4 is 29.7 Å². The van der Waals surface area contributed by atoms with Crippen LogP contribution in [0.1, 0.15) is 0 Å². The third-order valence-electron chi connectivity index (χ3n) is 2.57. The molecule has 0 fully saturated rings. The van der Waals surface area contributed by atoms with E-state index in [4.69, 9.17) is 0 Å². The van der Waals surface area contributed by atoms with Gasteiger partial charge in [-0.3, -0.25) is 14.9 Å². The van der Waals surface area contributed by atoms with Gasteiger partial charge in [0.2, 0.25) is 5.91 Å². The molecule has 0 aliphatic carbocycles. The molecule has 0 spiro atoms. The smallest absolute Gasteiger partial charge is 0.292 e. The van der Waals surface area contributed by atoms with Gasteiger partial charge in [0.15, 0.2) is 0 Å². The quantitative estimate of drug-likeness (QED) is 0.442. The average Bonchev–Trinajstić information content (AvgIpc) is 2.39. The minimum Gasteiger partial charge on any atom is -0.360 e. The van der Waals surface area contributed by atoms with Crippen molar-refractivity contribution < 1.29 is 9.72 Å². The largest absolute Gasteiger partial charge is 0.360 e. The van der Waals surface area contributed by atoms with Gasteiger partial charge >= 0.3 is 0 Å². The van der Waals surface area contributed by atoms with Gasteiger partial charge < -0.3 is 15.5 Å². The molecule has 0 saturated carbocycles. The van der Waals surface area contributed by atoms with Crippen LogP contribution < -0.4 is 15.5 Å². The second-order valence-corrected chi connectivity index (χ2v) is 4.06. The maximum absolute atomic E-state index is 11.6. The molecular formula is C12H19ClN4O3. The molecule has 20 heavy (non-hydrogen) atoms. The lowest BCUT2D eigenvalue weighted by atomic mass is 10.2. The number of halogens is 1. The molecule has 0 radical (unpaired) electrons. The lowest BCUT2D eigenvalue weighted by molar-refractivity contribution is -0.384.